The van der Waals surface area contributed by atoms with Gasteiger partial charge < -0.3 is 10.7 Å². The summed E-state index contributed by atoms with van der Waals surface area (Å²) in [4.78, 5) is 20.0. The molecule has 6 nitrogen and oxygen atoms in total. The molecule has 0 atom stereocenters. The molecule has 92 valence electrons. The lowest BCUT2D eigenvalue weighted by Crippen LogP contribution is -2.25. The molecular formula is C12H13N5O. The summed E-state index contributed by atoms with van der Waals surface area (Å²) in [6.45, 7) is 0.360. The maximum absolute atomic E-state index is 11.9. The molecule has 0 saturated heterocycles. The molecule has 0 radical (unpaired) electrons. The van der Waals surface area contributed by atoms with E-state index in [-0.39, 0.29) is 5.91 Å². The molecule has 0 bridgehead atoms. The van der Waals surface area contributed by atoms with E-state index in [0.29, 0.717) is 17.9 Å². The minimum Gasteiger partial charge on any atom is -0.346 e. The van der Waals surface area contributed by atoms with E-state index in [9.17, 15) is 4.79 Å². The lowest BCUT2D eigenvalue weighted by Gasteiger charge is -2.08. The minimum atomic E-state index is -0.248. The van der Waals surface area contributed by atoms with Crippen LogP contribution in [-0.2, 0) is 6.54 Å². The van der Waals surface area contributed by atoms with Crippen LogP contribution in [0.3, 0.4) is 0 Å². The number of pyridine rings is 2. The van der Waals surface area contributed by atoms with Crippen LogP contribution in [0.4, 0.5) is 5.82 Å². The zero-order chi connectivity index (χ0) is 12.8. The molecule has 2 aromatic rings. The van der Waals surface area contributed by atoms with Crippen LogP contribution in [0.15, 0.2) is 42.7 Å². The maximum atomic E-state index is 11.9. The van der Waals surface area contributed by atoms with Crippen LogP contribution < -0.4 is 16.6 Å². The monoisotopic (exact) mass is 243 g/mol. The largest absolute Gasteiger partial charge is 0.346 e. The lowest BCUT2D eigenvalue weighted by molar-refractivity contribution is 0.0951. The zero-order valence-electron chi connectivity index (χ0n) is 9.63. The van der Waals surface area contributed by atoms with Gasteiger partial charge >= 0.3 is 0 Å². The Morgan fingerprint density at radius 1 is 1.17 bits per heavy atom. The fourth-order valence-electron chi connectivity index (χ4n) is 1.47. The van der Waals surface area contributed by atoms with Crippen molar-refractivity contribution in [1.82, 2.24) is 15.3 Å². The first-order valence-corrected chi connectivity index (χ1v) is 5.41. The summed E-state index contributed by atoms with van der Waals surface area (Å²) in [6, 6.07) is 8.85. The number of hydrazine groups is 1. The van der Waals surface area contributed by atoms with Crippen LogP contribution in [0.25, 0.3) is 0 Å². The SMILES string of the molecule is NNc1ncccc1C(=O)NCc1ccccn1. The van der Waals surface area contributed by atoms with E-state index in [0.717, 1.165) is 5.69 Å². The Kier molecular flexibility index (Phi) is 3.83. The molecule has 0 fully saturated rings. The summed E-state index contributed by atoms with van der Waals surface area (Å²) < 4.78 is 0. The molecule has 0 aliphatic carbocycles. The quantitative estimate of drug-likeness (QED) is 0.542. The van der Waals surface area contributed by atoms with Gasteiger partial charge in [-0.2, -0.15) is 0 Å². The van der Waals surface area contributed by atoms with E-state index in [1.54, 1.807) is 24.5 Å². The van der Waals surface area contributed by atoms with Gasteiger partial charge in [0.2, 0.25) is 0 Å². The Morgan fingerprint density at radius 2 is 2.00 bits per heavy atom. The molecule has 1 amide bonds. The molecule has 4 N–H and O–H groups in total. The Hall–Kier alpha value is -2.47. The molecule has 0 spiro atoms. The Morgan fingerprint density at radius 3 is 2.72 bits per heavy atom. The number of nitrogen functional groups attached to an aromatic ring is 1. The third-order valence-corrected chi connectivity index (χ3v) is 2.35. The van der Waals surface area contributed by atoms with Crippen molar-refractivity contribution in [3.63, 3.8) is 0 Å². The Labute approximate surface area is 104 Å². The minimum absolute atomic E-state index is 0.248. The van der Waals surface area contributed by atoms with E-state index in [2.05, 4.69) is 20.7 Å². The highest BCUT2D eigenvalue weighted by Crippen LogP contribution is 2.09. The number of nitrogens with zero attached hydrogens (tertiary/aromatic N) is 2. The second kappa shape index (κ2) is 5.74. The van der Waals surface area contributed by atoms with Crippen molar-refractivity contribution >= 4 is 11.7 Å². The Balaban J connectivity index is 2.04. The van der Waals surface area contributed by atoms with Gasteiger partial charge in [-0.15, -0.1) is 0 Å². The summed E-state index contributed by atoms with van der Waals surface area (Å²) in [5.74, 6) is 5.39. The van der Waals surface area contributed by atoms with Crippen molar-refractivity contribution < 1.29 is 4.79 Å². The van der Waals surface area contributed by atoms with Crippen molar-refractivity contribution in [2.24, 2.45) is 5.84 Å². The number of amides is 1. The first-order chi connectivity index (χ1) is 8.81. The third-order valence-electron chi connectivity index (χ3n) is 2.35. The van der Waals surface area contributed by atoms with Crippen molar-refractivity contribution in [1.29, 1.82) is 0 Å². The van der Waals surface area contributed by atoms with Crippen LogP contribution in [-0.4, -0.2) is 15.9 Å². The van der Waals surface area contributed by atoms with Crippen LogP contribution in [0.2, 0.25) is 0 Å². The van der Waals surface area contributed by atoms with Gasteiger partial charge in [0.1, 0.15) is 0 Å². The highest BCUT2D eigenvalue weighted by molar-refractivity contribution is 5.98. The molecule has 2 aromatic heterocycles. The lowest BCUT2D eigenvalue weighted by atomic mass is 10.2. The molecular weight excluding hydrogens is 230 g/mol. The molecule has 2 rings (SSSR count). The first kappa shape index (κ1) is 12.0. The Bertz CT molecular complexity index is 529. The molecule has 0 aliphatic rings. The molecule has 18 heavy (non-hydrogen) atoms. The smallest absolute Gasteiger partial charge is 0.255 e. The number of rotatable bonds is 4. The third kappa shape index (κ3) is 2.80. The second-order valence-corrected chi connectivity index (χ2v) is 3.55. The van der Waals surface area contributed by atoms with Gasteiger partial charge in [0.15, 0.2) is 5.82 Å². The zero-order valence-corrected chi connectivity index (χ0v) is 9.63. The van der Waals surface area contributed by atoms with Crippen LogP contribution in [0, 0.1) is 0 Å². The predicted molar refractivity (Wildman–Crippen MR) is 67.5 cm³/mol. The van der Waals surface area contributed by atoms with Gasteiger partial charge in [0.05, 0.1) is 17.8 Å². The van der Waals surface area contributed by atoms with Gasteiger partial charge in [-0.25, -0.2) is 10.8 Å². The molecule has 0 aromatic carbocycles. The van der Waals surface area contributed by atoms with E-state index < -0.39 is 0 Å². The number of hydrogen-bond donors (Lipinski definition) is 3. The molecule has 0 unspecified atom stereocenters. The maximum Gasteiger partial charge on any atom is 0.255 e. The van der Waals surface area contributed by atoms with Gasteiger partial charge in [-0.05, 0) is 24.3 Å². The first-order valence-electron chi connectivity index (χ1n) is 5.41. The fraction of sp³-hybridized carbons (Fsp3) is 0.0833. The standard InChI is InChI=1S/C12H13N5O/c13-17-11-10(5-3-7-15-11)12(18)16-8-9-4-1-2-6-14-9/h1-7H,8,13H2,(H,15,17)(H,16,18). The molecule has 2 heterocycles. The summed E-state index contributed by atoms with van der Waals surface area (Å²) in [7, 11) is 0. The second-order valence-electron chi connectivity index (χ2n) is 3.55. The highest BCUT2D eigenvalue weighted by atomic mass is 16.1. The van der Waals surface area contributed by atoms with Crippen molar-refractivity contribution in [2.45, 2.75) is 6.54 Å². The fourth-order valence-corrected chi connectivity index (χ4v) is 1.47. The number of aromatic nitrogens is 2. The van der Waals surface area contributed by atoms with Gasteiger partial charge in [-0.1, -0.05) is 6.07 Å². The van der Waals surface area contributed by atoms with Gasteiger partial charge in [0.25, 0.3) is 5.91 Å². The van der Waals surface area contributed by atoms with Crippen LogP contribution >= 0.6 is 0 Å². The number of anilines is 1. The highest BCUT2D eigenvalue weighted by Gasteiger charge is 2.10. The van der Waals surface area contributed by atoms with E-state index >= 15 is 0 Å². The van der Waals surface area contributed by atoms with E-state index in [1.807, 2.05) is 18.2 Å². The van der Waals surface area contributed by atoms with Crippen molar-refractivity contribution in [3.05, 3.63) is 54.0 Å². The normalized spacial score (nSPS) is 9.83. The van der Waals surface area contributed by atoms with Crippen molar-refractivity contribution in [3.8, 4) is 0 Å². The molecule has 0 aliphatic heterocycles. The number of hydrogen-bond acceptors (Lipinski definition) is 5. The average molecular weight is 243 g/mol. The van der Waals surface area contributed by atoms with Gasteiger partial charge in [-0.3, -0.25) is 9.78 Å². The average Bonchev–Trinajstić information content (AvgIpc) is 2.45. The predicted octanol–water partition coefficient (Wildman–Crippen LogP) is 0.692. The number of carbonyl (C=O) groups is 1. The van der Waals surface area contributed by atoms with Crippen LogP contribution in [0.1, 0.15) is 16.1 Å². The van der Waals surface area contributed by atoms with Gasteiger partial charge in [0, 0.05) is 12.4 Å². The number of nitrogens with two attached hydrogens (primary N) is 1. The van der Waals surface area contributed by atoms with E-state index in [1.165, 1.54) is 0 Å². The van der Waals surface area contributed by atoms with E-state index in [4.69, 9.17) is 5.84 Å². The summed E-state index contributed by atoms with van der Waals surface area (Å²) in [6.07, 6.45) is 3.24. The van der Waals surface area contributed by atoms with Crippen molar-refractivity contribution in [2.75, 3.05) is 5.43 Å². The molecule has 6 heteroatoms. The van der Waals surface area contributed by atoms with Crippen LogP contribution in [0.5, 0.6) is 0 Å². The summed E-state index contributed by atoms with van der Waals surface area (Å²) in [5, 5.41) is 2.75. The number of nitrogens with one attached hydrogen (secondary N) is 2. The summed E-state index contributed by atoms with van der Waals surface area (Å²) >= 11 is 0. The number of carbonyl (C=O) groups excluding carboxylic acids is 1. The summed E-state index contributed by atoms with van der Waals surface area (Å²) in [5.41, 5.74) is 3.57. The molecule has 0 saturated carbocycles. The topological polar surface area (TPSA) is 92.9 Å².